The molecule has 1 aromatic heterocycles. The topological polar surface area (TPSA) is 83.8 Å². The number of carboxylic acid groups (broad SMARTS) is 1. The van der Waals surface area contributed by atoms with Crippen molar-refractivity contribution in [3.8, 4) is 5.75 Å². The summed E-state index contributed by atoms with van der Waals surface area (Å²) in [7, 11) is 1.17. The quantitative estimate of drug-likeness (QED) is 0.704. The summed E-state index contributed by atoms with van der Waals surface area (Å²) in [6.45, 7) is 5.31. The van der Waals surface area contributed by atoms with E-state index in [2.05, 4.69) is 5.32 Å². The van der Waals surface area contributed by atoms with Crippen LogP contribution in [0.25, 0.3) is 10.9 Å². The number of fused-ring (bicyclic) bond motifs is 1. The van der Waals surface area contributed by atoms with Crippen molar-refractivity contribution < 1.29 is 32.2 Å². The van der Waals surface area contributed by atoms with Gasteiger partial charge in [-0.3, -0.25) is 4.79 Å². The summed E-state index contributed by atoms with van der Waals surface area (Å²) in [5.74, 6) is -2.83. The number of benzene rings is 1. The van der Waals surface area contributed by atoms with Gasteiger partial charge in [0.25, 0.3) is 0 Å². The summed E-state index contributed by atoms with van der Waals surface area (Å²) in [6, 6.07) is -1.47. The Labute approximate surface area is 175 Å². The van der Waals surface area contributed by atoms with E-state index in [-0.39, 0.29) is 29.0 Å². The maximum Gasteiger partial charge on any atom is 0.408 e. The van der Waals surface area contributed by atoms with E-state index >= 15 is 4.39 Å². The van der Waals surface area contributed by atoms with Crippen molar-refractivity contribution in [3.63, 3.8) is 0 Å². The molecule has 0 saturated carbocycles. The molecule has 0 aliphatic carbocycles. The van der Waals surface area contributed by atoms with Gasteiger partial charge in [-0.05, 0) is 26.8 Å². The van der Waals surface area contributed by atoms with Crippen molar-refractivity contribution >= 4 is 22.6 Å². The summed E-state index contributed by atoms with van der Waals surface area (Å²) in [6.07, 6.45) is -4.12. The van der Waals surface area contributed by atoms with Gasteiger partial charge in [-0.1, -0.05) is 0 Å². The third-order valence-corrected chi connectivity index (χ3v) is 5.40. The smallest absolute Gasteiger partial charge is 0.408 e. The lowest BCUT2D eigenvalue weighted by atomic mass is 10.0. The second kappa shape index (κ2) is 8.03. The SMILES string of the molecule is COc1c(N2C[C@@H](C)N[C@@H](C)C2)c(F)cc2c(=O)c(C(=O)O)cn([C@@H](C)C(F)(F)F)c12. The van der Waals surface area contributed by atoms with Crippen molar-refractivity contribution in [2.24, 2.45) is 0 Å². The molecule has 0 bridgehead atoms. The van der Waals surface area contributed by atoms with Gasteiger partial charge in [-0.15, -0.1) is 0 Å². The molecule has 2 N–H and O–H groups in total. The maximum atomic E-state index is 15.2. The number of hydrogen-bond acceptors (Lipinski definition) is 5. The standard InChI is InChI=1S/C20H23F4N3O4/c1-9-6-26(7-10(2)25-9)16-14(21)5-12-15(18(16)31-4)27(11(3)20(22,23)24)8-13(17(12)28)19(29)30/h5,8-11,25H,6-7H2,1-4H3,(H,29,30)/t9-,10+,11-/m0/s1. The fourth-order valence-electron chi connectivity index (χ4n) is 4.06. The van der Waals surface area contributed by atoms with E-state index in [1.807, 2.05) is 13.8 Å². The van der Waals surface area contributed by atoms with Gasteiger partial charge in [-0.2, -0.15) is 13.2 Å². The molecule has 1 saturated heterocycles. The number of pyridine rings is 1. The Morgan fingerprint density at radius 1 is 1.29 bits per heavy atom. The fraction of sp³-hybridized carbons (Fsp3) is 0.500. The molecule has 3 rings (SSSR count). The Balaban J connectivity index is 2.43. The Kier molecular flexibility index (Phi) is 5.92. The van der Waals surface area contributed by atoms with E-state index in [1.54, 1.807) is 4.90 Å². The number of hydrogen-bond donors (Lipinski definition) is 2. The number of aromatic nitrogens is 1. The van der Waals surface area contributed by atoms with Gasteiger partial charge in [0.2, 0.25) is 5.43 Å². The molecule has 2 heterocycles. The minimum absolute atomic E-state index is 0.0331. The summed E-state index contributed by atoms with van der Waals surface area (Å²) < 4.78 is 62.0. The highest BCUT2D eigenvalue weighted by atomic mass is 19.4. The van der Waals surface area contributed by atoms with Crippen LogP contribution in [0.1, 0.15) is 37.2 Å². The van der Waals surface area contributed by atoms with Crippen LogP contribution in [-0.4, -0.2) is 54.1 Å². The highest BCUT2D eigenvalue weighted by molar-refractivity contribution is 5.97. The Hall–Kier alpha value is -2.82. The highest BCUT2D eigenvalue weighted by Crippen LogP contribution is 2.41. The second-order valence-corrected chi connectivity index (χ2v) is 7.81. The summed E-state index contributed by atoms with van der Waals surface area (Å²) in [4.78, 5) is 25.8. The molecule has 2 aromatic rings. The number of methoxy groups -OCH3 is 1. The zero-order chi connectivity index (χ0) is 23.2. The number of nitrogens with zero attached hydrogens (tertiary/aromatic N) is 2. The molecule has 0 unspecified atom stereocenters. The van der Waals surface area contributed by atoms with Crippen molar-refractivity contribution in [1.29, 1.82) is 0 Å². The average molecular weight is 445 g/mol. The molecular weight excluding hydrogens is 422 g/mol. The molecule has 3 atom stereocenters. The number of carboxylic acids is 1. The van der Waals surface area contributed by atoms with Gasteiger partial charge in [0.05, 0.1) is 18.0 Å². The van der Waals surface area contributed by atoms with Crippen LogP contribution in [0.5, 0.6) is 5.75 Å². The first-order chi connectivity index (χ1) is 14.4. The predicted octanol–water partition coefficient (Wildman–Crippen LogP) is 3.16. The number of halogens is 4. The van der Waals surface area contributed by atoms with E-state index in [0.29, 0.717) is 23.9 Å². The first kappa shape index (κ1) is 22.9. The number of alkyl halides is 3. The summed E-state index contributed by atoms with van der Waals surface area (Å²) in [5, 5.41) is 12.1. The van der Waals surface area contributed by atoms with Crippen LogP contribution in [0, 0.1) is 5.82 Å². The first-order valence-corrected chi connectivity index (χ1v) is 9.63. The van der Waals surface area contributed by atoms with Crippen molar-refractivity contribution in [1.82, 2.24) is 9.88 Å². The Morgan fingerprint density at radius 3 is 2.35 bits per heavy atom. The second-order valence-electron chi connectivity index (χ2n) is 7.81. The van der Waals surface area contributed by atoms with Crippen molar-refractivity contribution in [2.45, 2.75) is 45.1 Å². The maximum absolute atomic E-state index is 15.2. The number of anilines is 1. The molecule has 1 aliphatic rings. The van der Waals surface area contributed by atoms with E-state index in [0.717, 1.165) is 13.0 Å². The minimum atomic E-state index is -4.75. The fourth-order valence-corrected chi connectivity index (χ4v) is 4.06. The van der Waals surface area contributed by atoms with Crippen molar-refractivity contribution in [3.05, 3.63) is 33.9 Å². The van der Waals surface area contributed by atoms with Gasteiger partial charge in [0.15, 0.2) is 11.6 Å². The molecule has 0 spiro atoms. The van der Waals surface area contributed by atoms with E-state index in [9.17, 15) is 27.9 Å². The molecule has 31 heavy (non-hydrogen) atoms. The van der Waals surface area contributed by atoms with Crippen LogP contribution in [0.15, 0.2) is 17.1 Å². The lowest BCUT2D eigenvalue weighted by Gasteiger charge is -2.38. The van der Waals surface area contributed by atoms with Crippen molar-refractivity contribution in [2.75, 3.05) is 25.1 Å². The van der Waals surface area contributed by atoms with Crippen LogP contribution in [0.2, 0.25) is 0 Å². The van der Waals surface area contributed by atoms with Gasteiger partial charge >= 0.3 is 12.1 Å². The lowest BCUT2D eigenvalue weighted by Crippen LogP contribution is -2.54. The molecule has 11 heteroatoms. The van der Waals surface area contributed by atoms with Crippen LogP contribution in [0.4, 0.5) is 23.2 Å². The average Bonchev–Trinajstić information content (AvgIpc) is 2.65. The number of nitrogens with one attached hydrogen (secondary N) is 1. The molecule has 170 valence electrons. The third kappa shape index (κ3) is 4.06. The van der Waals surface area contributed by atoms with E-state index in [4.69, 9.17) is 4.74 Å². The molecular formula is C20H23F4N3O4. The largest absolute Gasteiger partial charge is 0.492 e. The zero-order valence-electron chi connectivity index (χ0n) is 17.4. The van der Waals surface area contributed by atoms with Crippen LogP contribution >= 0.6 is 0 Å². The Morgan fingerprint density at radius 2 is 1.87 bits per heavy atom. The van der Waals surface area contributed by atoms with E-state index in [1.165, 1.54) is 7.11 Å². The van der Waals surface area contributed by atoms with Crippen LogP contribution < -0.4 is 20.4 Å². The molecule has 1 fully saturated rings. The zero-order valence-corrected chi connectivity index (χ0v) is 17.4. The highest BCUT2D eigenvalue weighted by Gasteiger charge is 2.39. The molecule has 0 amide bonds. The number of piperazine rings is 1. The number of carbonyl (C=O) groups is 1. The van der Waals surface area contributed by atoms with E-state index < -0.39 is 40.4 Å². The summed E-state index contributed by atoms with van der Waals surface area (Å²) in [5.41, 5.74) is -2.35. The van der Waals surface area contributed by atoms with Gasteiger partial charge < -0.3 is 24.6 Å². The molecule has 1 aliphatic heterocycles. The third-order valence-electron chi connectivity index (χ3n) is 5.40. The number of ether oxygens (including phenoxy) is 1. The monoisotopic (exact) mass is 445 g/mol. The number of rotatable bonds is 4. The minimum Gasteiger partial charge on any atom is -0.492 e. The van der Waals surface area contributed by atoms with Crippen LogP contribution in [-0.2, 0) is 0 Å². The molecule has 7 nitrogen and oxygen atoms in total. The van der Waals surface area contributed by atoms with Gasteiger partial charge in [0.1, 0.15) is 17.3 Å². The number of aromatic carboxylic acids is 1. The normalized spacial score (nSPS) is 20.7. The summed E-state index contributed by atoms with van der Waals surface area (Å²) >= 11 is 0. The molecule has 1 aromatic carbocycles. The lowest BCUT2D eigenvalue weighted by molar-refractivity contribution is -0.162. The molecule has 0 radical (unpaired) electrons. The van der Waals surface area contributed by atoms with Crippen LogP contribution in [0.3, 0.4) is 0 Å². The first-order valence-electron chi connectivity index (χ1n) is 9.63. The van der Waals surface area contributed by atoms with Gasteiger partial charge in [0, 0.05) is 31.4 Å². The predicted molar refractivity (Wildman–Crippen MR) is 107 cm³/mol. The Bertz CT molecular complexity index is 1070. The van der Waals surface area contributed by atoms with Gasteiger partial charge in [-0.25, -0.2) is 9.18 Å².